The van der Waals surface area contributed by atoms with Gasteiger partial charge in [0, 0.05) is 32.9 Å². The number of hydrogen-bond donors (Lipinski definition) is 1. The number of imidazole rings is 1. The topological polar surface area (TPSA) is 50.2 Å². The Balaban J connectivity index is 1.73. The van der Waals surface area contributed by atoms with Crippen LogP contribution in [0.1, 0.15) is 28.0 Å². The summed E-state index contributed by atoms with van der Waals surface area (Å²) in [5.74, 6) is 0.758. The zero-order chi connectivity index (χ0) is 14.8. The highest BCUT2D eigenvalue weighted by atomic mass is 16.2. The van der Waals surface area contributed by atoms with Gasteiger partial charge in [-0.25, -0.2) is 4.98 Å². The van der Waals surface area contributed by atoms with Crippen molar-refractivity contribution < 1.29 is 4.79 Å². The van der Waals surface area contributed by atoms with E-state index in [2.05, 4.69) is 29.4 Å². The maximum Gasteiger partial charge on any atom is 0.274 e. The number of amides is 1. The van der Waals surface area contributed by atoms with Crippen LogP contribution in [0.15, 0.2) is 30.5 Å². The van der Waals surface area contributed by atoms with Crippen molar-refractivity contribution >= 4 is 11.9 Å². The Kier molecular flexibility index (Phi) is 3.64. The minimum absolute atomic E-state index is 0.0415. The Morgan fingerprint density at radius 1 is 1.48 bits per heavy atom. The first-order chi connectivity index (χ1) is 10.1. The highest BCUT2D eigenvalue weighted by molar-refractivity contribution is 5.92. The molecule has 1 N–H and O–H groups in total. The molecule has 1 aliphatic heterocycles. The molecule has 1 aromatic heterocycles. The first kappa shape index (κ1) is 13.7. The van der Waals surface area contributed by atoms with Gasteiger partial charge in [-0.1, -0.05) is 29.8 Å². The standard InChI is InChI=1S/C16H20N4O/c1-12-5-3-6-13(9-12)10-19(2)15(21)14-11-20-8-4-7-17-16(20)18-14/h3,5-6,9,11H,4,7-8,10H2,1-2H3,(H,17,18). The lowest BCUT2D eigenvalue weighted by molar-refractivity contribution is 0.0779. The van der Waals surface area contributed by atoms with E-state index < -0.39 is 0 Å². The number of aryl methyl sites for hydroxylation is 2. The van der Waals surface area contributed by atoms with Crippen molar-refractivity contribution in [2.45, 2.75) is 26.4 Å². The molecule has 0 saturated heterocycles. The molecule has 0 saturated carbocycles. The zero-order valence-corrected chi connectivity index (χ0v) is 12.5. The fourth-order valence-corrected chi connectivity index (χ4v) is 2.63. The number of carbonyl (C=O) groups excluding carboxylic acids is 1. The predicted octanol–water partition coefficient (Wildman–Crippen LogP) is 2.28. The molecule has 0 bridgehead atoms. The van der Waals surface area contributed by atoms with E-state index in [-0.39, 0.29) is 5.91 Å². The van der Waals surface area contributed by atoms with E-state index >= 15 is 0 Å². The summed E-state index contributed by atoms with van der Waals surface area (Å²) in [7, 11) is 1.82. The summed E-state index contributed by atoms with van der Waals surface area (Å²) in [6.07, 6.45) is 2.91. The molecule has 1 aromatic carbocycles. The Labute approximate surface area is 124 Å². The van der Waals surface area contributed by atoms with Crippen molar-refractivity contribution in [3.8, 4) is 0 Å². The van der Waals surface area contributed by atoms with Crippen LogP contribution in [0.25, 0.3) is 0 Å². The van der Waals surface area contributed by atoms with Crippen molar-refractivity contribution in [3.63, 3.8) is 0 Å². The van der Waals surface area contributed by atoms with Gasteiger partial charge in [-0.2, -0.15) is 0 Å². The van der Waals surface area contributed by atoms with E-state index in [1.807, 2.05) is 29.9 Å². The minimum Gasteiger partial charge on any atom is -0.356 e. The molecule has 0 aliphatic carbocycles. The quantitative estimate of drug-likeness (QED) is 0.940. The van der Waals surface area contributed by atoms with Crippen LogP contribution >= 0.6 is 0 Å². The molecule has 1 amide bonds. The van der Waals surface area contributed by atoms with Crippen molar-refractivity contribution in [2.75, 3.05) is 18.9 Å². The highest BCUT2D eigenvalue weighted by Crippen LogP contribution is 2.16. The largest absolute Gasteiger partial charge is 0.356 e. The monoisotopic (exact) mass is 284 g/mol. The maximum absolute atomic E-state index is 12.5. The SMILES string of the molecule is Cc1cccc(CN(C)C(=O)c2cn3c(n2)NCCC3)c1. The number of anilines is 1. The average Bonchev–Trinajstić information content (AvgIpc) is 2.90. The number of fused-ring (bicyclic) bond motifs is 1. The van der Waals surface area contributed by atoms with Gasteiger partial charge >= 0.3 is 0 Å². The number of nitrogens with one attached hydrogen (secondary N) is 1. The molecular formula is C16H20N4O. The maximum atomic E-state index is 12.5. The minimum atomic E-state index is -0.0415. The van der Waals surface area contributed by atoms with Crippen LogP contribution < -0.4 is 5.32 Å². The molecule has 1 aliphatic rings. The van der Waals surface area contributed by atoms with Crippen LogP contribution in [0, 0.1) is 6.92 Å². The van der Waals surface area contributed by atoms with Gasteiger partial charge in [-0.3, -0.25) is 4.79 Å². The molecule has 2 aromatic rings. The van der Waals surface area contributed by atoms with Gasteiger partial charge in [0.25, 0.3) is 5.91 Å². The summed E-state index contributed by atoms with van der Waals surface area (Å²) in [6, 6.07) is 8.21. The van der Waals surface area contributed by atoms with E-state index in [4.69, 9.17) is 0 Å². The van der Waals surface area contributed by atoms with Crippen molar-refractivity contribution in [2.24, 2.45) is 0 Å². The molecule has 0 atom stereocenters. The molecule has 5 heteroatoms. The normalized spacial score (nSPS) is 13.4. The van der Waals surface area contributed by atoms with Gasteiger partial charge < -0.3 is 14.8 Å². The lowest BCUT2D eigenvalue weighted by atomic mass is 10.1. The third-order valence-electron chi connectivity index (χ3n) is 3.70. The second kappa shape index (κ2) is 5.60. The second-order valence-electron chi connectivity index (χ2n) is 5.57. The van der Waals surface area contributed by atoms with Crippen LogP contribution in [-0.4, -0.2) is 34.0 Å². The summed E-state index contributed by atoms with van der Waals surface area (Å²) in [4.78, 5) is 18.6. The van der Waals surface area contributed by atoms with Crippen molar-refractivity contribution in [1.82, 2.24) is 14.5 Å². The van der Waals surface area contributed by atoms with E-state index in [0.29, 0.717) is 12.2 Å². The molecule has 5 nitrogen and oxygen atoms in total. The zero-order valence-electron chi connectivity index (χ0n) is 12.5. The molecule has 0 spiro atoms. The fourth-order valence-electron chi connectivity index (χ4n) is 2.63. The number of nitrogens with zero attached hydrogens (tertiary/aromatic N) is 3. The first-order valence-corrected chi connectivity index (χ1v) is 7.25. The molecule has 2 heterocycles. The van der Waals surface area contributed by atoms with Crippen LogP contribution in [0.5, 0.6) is 0 Å². The third-order valence-corrected chi connectivity index (χ3v) is 3.70. The van der Waals surface area contributed by atoms with Gasteiger partial charge in [0.2, 0.25) is 5.95 Å². The Morgan fingerprint density at radius 2 is 2.33 bits per heavy atom. The van der Waals surface area contributed by atoms with Crippen molar-refractivity contribution in [3.05, 3.63) is 47.3 Å². The lowest BCUT2D eigenvalue weighted by Crippen LogP contribution is -2.26. The molecule has 0 unspecified atom stereocenters. The third kappa shape index (κ3) is 2.91. The summed E-state index contributed by atoms with van der Waals surface area (Å²) in [5.41, 5.74) is 2.84. The molecule has 110 valence electrons. The van der Waals surface area contributed by atoms with Crippen LogP contribution in [-0.2, 0) is 13.1 Å². The summed E-state index contributed by atoms with van der Waals surface area (Å²) in [6.45, 7) is 4.49. The molecule has 21 heavy (non-hydrogen) atoms. The van der Waals surface area contributed by atoms with Gasteiger partial charge in [0.15, 0.2) is 0 Å². The Bertz CT molecular complexity index is 639. The molecule has 3 rings (SSSR count). The van der Waals surface area contributed by atoms with E-state index in [1.54, 1.807) is 4.90 Å². The second-order valence-corrected chi connectivity index (χ2v) is 5.57. The fraction of sp³-hybridized carbons (Fsp3) is 0.375. The van der Waals surface area contributed by atoms with Gasteiger partial charge in [-0.15, -0.1) is 0 Å². The van der Waals surface area contributed by atoms with Gasteiger partial charge in [0.1, 0.15) is 5.69 Å². The summed E-state index contributed by atoms with van der Waals surface area (Å²) < 4.78 is 2.01. The highest BCUT2D eigenvalue weighted by Gasteiger charge is 2.19. The predicted molar refractivity (Wildman–Crippen MR) is 82.3 cm³/mol. The Hall–Kier alpha value is -2.30. The first-order valence-electron chi connectivity index (χ1n) is 7.25. The van der Waals surface area contributed by atoms with Crippen LogP contribution in [0.3, 0.4) is 0 Å². The van der Waals surface area contributed by atoms with Crippen molar-refractivity contribution in [1.29, 1.82) is 0 Å². The average molecular weight is 284 g/mol. The van der Waals surface area contributed by atoms with Gasteiger partial charge in [0.05, 0.1) is 0 Å². The number of aromatic nitrogens is 2. The molecule has 0 fully saturated rings. The smallest absolute Gasteiger partial charge is 0.274 e. The Morgan fingerprint density at radius 3 is 3.10 bits per heavy atom. The summed E-state index contributed by atoms with van der Waals surface area (Å²) in [5, 5.41) is 3.22. The van der Waals surface area contributed by atoms with E-state index in [1.165, 1.54) is 5.56 Å². The molecule has 0 radical (unpaired) electrons. The van der Waals surface area contributed by atoms with E-state index in [9.17, 15) is 4.79 Å². The number of rotatable bonds is 3. The number of benzene rings is 1. The molecular weight excluding hydrogens is 264 g/mol. The lowest BCUT2D eigenvalue weighted by Gasteiger charge is -2.16. The van der Waals surface area contributed by atoms with Crippen LogP contribution in [0.2, 0.25) is 0 Å². The van der Waals surface area contributed by atoms with Gasteiger partial charge in [-0.05, 0) is 18.9 Å². The van der Waals surface area contributed by atoms with Crippen LogP contribution in [0.4, 0.5) is 5.95 Å². The summed E-state index contributed by atoms with van der Waals surface area (Å²) >= 11 is 0. The number of hydrogen-bond acceptors (Lipinski definition) is 3. The number of carbonyl (C=O) groups is 1. The van der Waals surface area contributed by atoms with E-state index in [0.717, 1.165) is 31.0 Å².